The van der Waals surface area contributed by atoms with E-state index in [1.54, 1.807) is 6.21 Å². The predicted octanol–water partition coefficient (Wildman–Crippen LogP) is 3.43. The molecule has 1 fully saturated rings. The molecule has 1 amide bonds. The molecule has 0 spiro atoms. The van der Waals surface area contributed by atoms with Crippen molar-refractivity contribution in [1.29, 1.82) is 0 Å². The molecular weight excluding hydrogens is 360 g/mol. The number of thiocarbonyl (C=S) groups is 1. The second-order valence-electron chi connectivity index (χ2n) is 4.04. The molecular formula is C13H13BrN2O2S2. The fraction of sp³-hybridized carbons (Fsp3) is 0.308. The van der Waals surface area contributed by atoms with Crippen LogP contribution < -0.4 is 4.74 Å². The van der Waals surface area contributed by atoms with E-state index >= 15 is 0 Å². The number of amides is 1. The Balaban J connectivity index is 2.08. The third-order valence-electron chi connectivity index (χ3n) is 2.47. The molecule has 2 rings (SSSR count). The monoisotopic (exact) mass is 372 g/mol. The number of hydrogen-bond acceptors (Lipinski definition) is 5. The molecule has 1 heterocycles. The average Bonchev–Trinajstić information content (AvgIpc) is 2.75. The Morgan fingerprint density at radius 1 is 1.60 bits per heavy atom. The van der Waals surface area contributed by atoms with Crippen molar-refractivity contribution in [3.05, 3.63) is 28.2 Å². The summed E-state index contributed by atoms with van der Waals surface area (Å²) < 4.78 is 6.93. The molecule has 1 saturated heterocycles. The Bertz CT molecular complexity index is 547. The van der Waals surface area contributed by atoms with E-state index in [4.69, 9.17) is 17.0 Å². The van der Waals surface area contributed by atoms with Crippen LogP contribution in [-0.4, -0.2) is 33.8 Å². The molecule has 1 aromatic rings. The van der Waals surface area contributed by atoms with Gasteiger partial charge in [0.25, 0.3) is 5.91 Å². The normalized spacial score (nSPS) is 15.4. The smallest absolute Gasteiger partial charge is 0.259 e. The zero-order valence-corrected chi connectivity index (χ0v) is 14.1. The summed E-state index contributed by atoms with van der Waals surface area (Å²) in [5, 5.41) is 5.38. The summed E-state index contributed by atoms with van der Waals surface area (Å²) in [5.41, 5.74) is 0.869. The Morgan fingerprint density at radius 3 is 3.00 bits per heavy atom. The van der Waals surface area contributed by atoms with Gasteiger partial charge in [-0.1, -0.05) is 30.9 Å². The van der Waals surface area contributed by atoms with Crippen LogP contribution in [-0.2, 0) is 4.79 Å². The van der Waals surface area contributed by atoms with Gasteiger partial charge in [-0.15, -0.1) is 0 Å². The van der Waals surface area contributed by atoms with Crippen molar-refractivity contribution in [2.24, 2.45) is 5.10 Å². The first kappa shape index (κ1) is 15.5. The van der Waals surface area contributed by atoms with E-state index in [0.29, 0.717) is 16.7 Å². The van der Waals surface area contributed by atoms with E-state index in [1.807, 2.05) is 18.2 Å². The standard InChI is InChI=1S/C13H13BrN2O2S2/c1-2-5-18-11-4-3-9(6-10(11)14)7-15-16-12(17)8-20-13(16)19/h3-4,6-7H,2,5,8H2,1H3/b15-7-. The fourth-order valence-electron chi connectivity index (χ4n) is 1.51. The number of halogens is 1. The summed E-state index contributed by atoms with van der Waals surface area (Å²) in [4.78, 5) is 11.5. The van der Waals surface area contributed by atoms with Crippen molar-refractivity contribution in [1.82, 2.24) is 5.01 Å². The van der Waals surface area contributed by atoms with Crippen molar-refractivity contribution in [2.45, 2.75) is 13.3 Å². The third-order valence-corrected chi connectivity index (χ3v) is 4.43. The molecule has 20 heavy (non-hydrogen) atoms. The maximum Gasteiger partial charge on any atom is 0.259 e. The number of hydrogen-bond donors (Lipinski definition) is 0. The van der Waals surface area contributed by atoms with Gasteiger partial charge in [-0.25, -0.2) is 0 Å². The van der Waals surface area contributed by atoms with E-state index in [-0.39, 0.29) is 5.91 Å². The number of nitrogens with zero attached hydrogens (tertiary/aromatic N) is 2. The minimum absolute atomic E-state index is 0.0850. The summed E-state index contributed by atoms with van der Waals surface area (Å²) in [5.74, 6) is 1.08. The van der Waals surface area contributed by atoms with E-state index in [2.05, 4.69) is 28.0 Å². The molecule has 0 bridgehead atoms. The molecule has 1 aliphatic heterocycles. The molecule has 0 aromatic heterocycles. The lowest BCUT2D eigenvalue weighted by Gasteiger charge is -2.08. The first-order chi connectivity index (χ1) is 9.61. The van der Waals surface area contributed by atoms with Crippen molar-refractivity contribution < 1.29 is 9.53 Å². The van der Waals surface area contributed by atoms with Gasteiger partial charge in [-0.3, -0.25) is 4.79 Å². The first-order valence-corrected chi connectivity index (χ1v) is 8.26. The molecule has 0 saturated carbocycles. The number of hydrazone groups is 1. The average molecular weight is 373 g/mol. The number of carbonyl (C=O) groups excluding carboxylic acids is 1. The van der Waals surface area contributed by atoms with Crippen molar-refractivity contribution in [2.75, 3.05) is 12.4 Å². The highest BCUT2D eigenvalue weighted by Gasteiger charge is 2.25. The summed E-state index contributed by atoms with van der Waals surface area (Å²) in [7, 11) is 0. The highest BCUT2D eigenvalue weighted by atomic mass is 79.9. The minimum atomic E-state index is -0.0850. The Morgan fingerprint density at radius 2 is 2.40 bits per heavy atom. The summed E-state index contributed by atoms with van der Waals surface area (Å²) >= 11 is 9.84. The van der Waals surface area contributed by atoms with Crippen LogP contribution >= 0.6 is 39.9 Å². The molecule has 4 nitrogen and oxygen atoms in total. The molecule has 1 aliphatic rings. The van der Waals surface area contributed by atoms with Gasteiger partial charge in [0.05, 0.1) is 23.0 Å². The summed E-state index contributed by atoms with van der Waals surface area (Å²) in [6.07, 6.45) is 2.58. The lowest BCUT2D eigenvalue weighted by molar-refractivity contribution is -0.123. The number of rotatable bonds is 5. The van der Waals surface area contributed by atoms with Crippen LogP contribution in [0.4, 0.5) is 0 Å². The molecule has 0 N–H and O–H groups in total. The molecule has 0 radical (unpaired) electrons. The Labute approximate surface area is 135 Å². The number of benzene rings is 1. The molecule has 106 valence electrons. The van der Waals surface area contributed by atoms with Crippen LogP contribution in [0.3, 0.4) is 0 Å². The maximum absolute atomic E-state index is 11.5. The van der Waals surface area contributed by atoms with Crippen LogP contribution in [0.25, 0.3) is 0 Å². The Hall–Kier alpha value is -0.920. The van der Waals surface area contributed by atoms with Crippen LogP contribution in [0.5, 0.6) is 5.75 Å². The zero-order valence-electron chi connectivity index (χ0n) is 10.8. The molecule has 0 unspecified atom stereocenters. The van der Waals surface area contributed by atoms with E-state index in [1.165, 1.54) is 16.8 Å². The fourth-order valence-corrected chi connectivity index (χ4v) is 2.99. The van der Waals surface area contributed by atoms with Gasteiger partial charge in [-0.2, -0.15) is 10.1 Å². The van der Waals surface area contributed by atoms with Crippen molar-refractivity contribution in [3.8, 4) is 5.75 Å². The predicted molar refractivity (Wildman–Crippen MR) is 89.4 cm³/mol. The topological polar surface area (TPSA) is 41.9 Å². The lowest BCUT2D eigenvalue weighted by atomic mass is 10.2. The second-order valence-corrected chi connectivity index (χ2v) is 6.51. The van der Waals surface area contributed by atoms with Gasteiger partial charge in [-0.05, 0) is 46.1 Å². The van der Waals surface area contributed by atoms with Crippen molar-refractivity contribution in [3.63, 3.8) is 0 Å². The van der Waals surface area contributed by atoms with Crippen LogP contribution in [0.1, 0.15) is 18.9 Å². The SMILES string of the molecule is CCCOc1ccc(/C=N\N2C(=O)CSC2=S)cc1Br. The van der Waals surface area contributed by atoms with Gasteiger partial charge < -0.3 is 4.74 Å². The van der Waals surface area contributed by atoms with Gasteiger partial charge in [0, 0.05) is 0 Å². The molecule has 0 atom stereocenters. The quantitative estimate of drug-likeness (QED) is 0.586. The van der Waals surface area contributed by atoms with E-state index in [0.717, 1.165) is 22.2 Å². The largest absolute Gasteiger partial charge is 0.492 e. The van der Waals surface area contributed by atoms with Crippen molar-refractivity contribution >= 4 is 56.4 Å². The highest BCUT2D eigenvalue weighted by molar-refractivity contribution is 9.10. The number of ether oxygens (including phenoxy) is 1. The summed E-state index contributed by atoms with van der Waals surface area (Å²) in [6, 6.07) is 5.65. The minimum Gasteiger partial charge on any atom is -0.492 e. The second kappa shape index (κ2) is 7.19. The van der Waals surface area contributed by atoms with Gasteiger partial charge >= 0.3 is 0 Å². The van der Waals surface area contributed by atoms with Gasteiger partial charge in [0.2, 0.25) is 0 Å². The molecule has 7 heteroatoms. The van der Waals surface area contributed by atoms with Gasteiger partial charge in [0.1, 0.15) is 5.75 Å². The molecule has 1 aromatic carbocycles. The van der Waals surface area contributed by atoms with Crippen LogP contribution in [0.2, 0.25) is 0 Å². The van der Waals surface area contributed by atoms with Crippen LogP contribution in [0, 0.1) is 0 Å². The van der Waals surface area contributed by atoms with E-state index in [9.17, 15) is 4.79 Å². The van der Waals surface area contributed by atoms with E-state index < -0.39 is 0 Å². The molecule has 0 aliphatic carbocycles. The number of thioether (sulfide) groups is 1. The van der Waals surface area contributed by atoms with Gasteiger partial charge in [0.15, 0.2) is 4.32 Å². The lowest BCUT2D eigenvalue weighted by Crippen LogP contribution is -2.22. The number of carbonyl (C=O) groups is 1. The summed E-state index contributed by atoms with van der Waals surface area (Å²) in [6.45, 7) is 2.74. The maximum atomic E-state index is 11.5. The third kappa shape index (κ3) is 3.80. The Kier molecular flexibility index (Phi) is 5.56. The zero-order chi connectivity index (χ0) is 14.5. The first-order valence-electron chi connectivity index (χ1n) is 6.08. The van der Waals surface area contributed by atoms with Crippen LogP contribution in [0.15, 0.2) is 27.8 Å². The highest BCUT2D eigenvalue weighted by Crippen LogP contribution is 2.26.